The van der Waals surface area contributed by atoms with Gasteiger partial charge >= 0.3 is 0 Å². The van der Waals surface area contributed by atoms with Crippen molar-refractivity contribution in [1.29, 1.82) is 0 Å². The quantitative estimate of drug-likeness (QED) is 0.319. The molecule has 7 nitrogen and oxygen atoms in total. The summed E-state index contributed by atoms with van der Waals surface area (Å²) in [6.45, 7) is 11.2. The van der Waals surface area contributed by atoms with Gasteiger partial charge in [0.15, 0.2) is 5.43 Å². The van der Waals surface area contributed by atoms with Crippen molar-refractivity contribution in [3.8, 4) is 5.95 Å². The van der Waals surface area contributed by atoms with Gasteiger partial charge in [0.25, 0.3) is 5.95 Å². The van der Waals surface area contributed by atoms with Gasteiger partial charge in [0.2, 0.25) is 0 Å². The Hall–Kier alpha value is -3.39. The first-order valence-electron chi connectivity index (χ1n) is 11.3. The molecule has 2 rings (SSSR count). The van der Waals surface area contributed by atoms with Crippen molar-refractivity contribution in [3.05, 3.63) is 103 Å². The van der Waals surface area contributed by atoms with E-state index in [2.05, 4.69) is 0 Å². The zero-order valence-corrected chi connectivity index (χ0v) is 21.4. The molecule has 1 heterocycles. The largest absolute Gasteiger partial charge is 0.733 e. The molecule has 1 aromatic carbocycles. The van der Waals surface area contributed by atoms with Crippen molar-refractivity contribution in [2.45, 2.75) is 54.1 Å². The molecule has 2 N–H and O–H groups in total. The second kappa shape index (κ2) is 12.4. The second-order valence-corrected chi connectivity index (χ2v) is 8.78. The predicted octanol–water partition coefficient (Wildman–Crippen LogP) is 6.32. The van der Waals surface area contributed by atoms with Crippen LogP contribution in [0.4, 0.5) is 5.69 Å². The van der Waals surface area contributed by atoms with Gasteiger partial charge in [-0.1, -0.05) is 58.7 Å². The van der Waals surface area contributed by atoms with Crippen molar-refractivity contribution < 1.29 is 19.5 Å². The van der Waals surface area contributed by atoms with Crippen LogP contribution in [-0.2, 0) is 0 Å². The van der Waals surface area contributed by atoms with E-state index in [1.807, 2.05) is 52.0 Å². The minimum Gasteiger partial charge on any atom is -0.733 e. The number of hydrogen-bond donors (Lipinski definition) is 2. The number of nitrogens with zero attached hydrogens (tertiary/aromatic N) is 1. The first-order valence-corrected chi connectivity index (χ1v) is 11.3. The van der Waals surface area contributed by atoms with Gasteiger partial charge in [-0.3, -0.25) is 10.0 Å². The number of benzene rings is 1. The van der Waals surface area contributed by atoms with Crippen LogP contribution < -0.4 is 15.4 Å². The monoisotopic (exact) mass is 480 g/mol. The molecule has 0 aliphatic rings. The van der Waals surface area contributed by atoms with Gasteiger partial charge in [0.1, 0.15) is 11.9 Å². The molecule has 0 saturated carbocycles. The van der Waals surface area contributed by atoms with Crippen LogP contribution in [0, 0.1) is 19.1 Å². The zero-order valence-electron chi connectivity index (χ0n) is 21.4. The van der Waals surface area contributed by atoms with Crippen molar-refractivity contribution in [2.75, 3.05) is 12.3 Å². The summed E-state index contributed by atoms with van der Waals surface area (Å²) < 4.78 is 10.8. The molecule has 188 valence electrons. The molecule has 0 radical (unpaired) electrons. The number of ether oxygens (including phenoxy) is 1. The third-order valence-corrected chi connectivity index (χ3v) is 5.46. The summed E-state index contributed by atoms with van der Waals surface area (Å²) in [6.07, 6.45) is 7.39. The van der Waals surface area contributed by atoms with E-state index in [9.17, 15) is 15.1 Å². The van der Waals surface area contributed by atoms with Crippen LogP contribution in [-0.4, -0.2) is 17.4 Å². The van der Waals surface area contributed by atoms with E-state index < -0.39 is 6.10 Å². The number of aliphatic hydroxyl groups is 1. The summed E-state index contributed by atoms with van der Waals surface area (Å²) in [7, 11) is 1.43. The average molecular weight is 481 g/mol. The first-order chi connectivity index (χ1) is 16.4. The standard InChI is InChI=1S/C28H34NO6/c1-17(13-19(3)15-23-8-10-24(11-9-23)29(32)33)12-18(2)14-20(4)16-25(30)27-21(5)26(31)22(6)28(34-7)35-27/h8-15,25,30,32H,16H2,1-7H3/q-1/b17-13+,18-12+,19-15+,20-14+/t25-/m1/s1. The number of aliphatic hydroxyl groups excluding tert-OH is 1. The van der Waals surface area contributed by atoms with Gasteiger partial charge in [0, 0.05) is 12.0 Å². The van der Waals surface area contributed by atoms with Crippen molar-refractivity contribution in [3.63, 3.8) is 0 Å². The lowest BCUT2D eigenvalue weighted by atomic mass is 10.0. The van der Waals surface area contributed by atoms with E-state index in [1.54, 1.807) is 38.1 Å². The molecule has 0 bridgehead atoms. The molecule has 35 heavy (non-hydrogen) atoms. The molecular weight excluding hydrogens is 446 g/mol. The molecule has 0 aliphatic carbocycles. The SMILES string of the molecule is COc1oc([C@H](O)C/C(C)=C/C(C)=C/C(C)=C/C(C)=C/c2ccc(N([O-])O)cc2)c(C)c(=O)c1C. The molecule has 2 aromatic rings. The Bertz CT molecular complexity index is 1210. The lowest BCUT2D eigenvalue weighted by Crippen LogP contribution is -2.15. The number of allylic oxidation sites excluding steroid dienone is 6. The van der Waals surface area contributed by atoms with Crippen molar-refractivity contribution in [1.82, 2.24) is 0 Å². The maximum absolute atomic E-state index is 12.4. The Morgan fingerprint density at radius 1 is 1.03 bits per heavy atom. The molecule has 0 amide bonds. The second-order valence-electron chi connectivity index (χ2n) is 8.78. The number of anilines is 1. The lowest BCUT2D eigenvalue weighted by molar-refractivity contribution is 0.135. The minimum absolute atomic E-state index is 0.119. The number of rotatable bonds is 9. The molecule has 0 unspecified atom stereocenters. The third-order valence-electron chi connectivity index (χ3n) is 5.46. The normalized spacial score (nSPS) is 14.2. The van der Waals surface area contributed by atoms with E-state index in [4.69, 9.17) is 14.4 Å². The maximum Gasteiger partial charge on any atom is 0.291 e. The topological polar surface area (TPSA) is 106 Å². The molecule has 0 aliphatic heterocycles. The molecular formula is C28H34NO6-. The summed E-state index contributed by atoms with van der Waals surface area (Å²) >= 11 is 0. The Balaban J connectivity index is 2.13. The predicted molar refractivity (Wildman–Crippen MR) is 140 cm³/mol. The molecule has 1 aromatic heterocycles. The van der Waals surface area contributed by atoms with Gasteiger partial charge in [-0.2, -0.15) is 0 Å². The Morgan fingerprint density at radius 2 is 1.60 bits per heavy atom. The fourth-order valence-corrected chi connectivity index (χ4v) is 3.90. The Labute approximate surface area is 206 Å². The summed E-state index contributed by atoms with van der Waals surface area (Å²) in [5.41, 5.74) is 5.68. The third kappa shape index (κ3) is 7.82. The maximum atomic E-state index is 12.4. The number of hydrogen-bond acceptors (Lipinski definition) is 7. The summed E-state index contributed by atoms with van der Waals surface area (Å²) in [5, 5.41) is 30.4. The molecule has 0 spiro atoms. The van der Waals surface area contributed by atoms with Crippen LogP contribution >= 0.6 is 0 Å². The average Bonchev–Trinajstić information content (AvgIpc) is 2.77. The first kappa shape index (κ1) is 27.9. The van der Waals surface area contributed by atoms with E-state index in [0.29, 0.717) is 17.5 Å². The van der Waals surface area contributed by atoms with Gasteiger partial charge < -0.3 is 24.7 Å². The van der Waals surface area contributed by atoms with Crippen LogP contribution in [0.1, 0.15) is 62.7 Å². The van der Waals surface area contributed by atoms with Crippen molar-refractivity contribution in [2.24, 2.45) is 0 Å². The highest BCUT2D eigenvalue weighted by Crippen LogP contribution is 2.28. The van der Waals surface area contributed by atoms with Crippen LogP contribution in [0.2, 0.25) is 0 Å². The molecule has 0 fully saturated rings. The molecule has 1 atom stereocenters. The van der Waals surface area contributed by atoms with Gasteiger partial charge in [-0.25, -0.2) is 0 Å². The van der Waals surface area contributed by atoms with Crippen LogP contribution in [0.15, 0.2) is 74.0 Å². The summed E-state index contributed by atoms with van der Waals surface area (Å²) in [5.74, 6) is 0.340. The van der Waals surface area contributed by atoms with Crippen LogP contribution in [0.3, 0.4) is 0 Å². The van der Waals surface area contributed by atoms with Crippen LogP contribution in [0.5, 0.6) is 5.95 Å². The van der Waals surface area contributed by atoms with Gasteiger partial charge in [0.05, 0.1) is 18.4 Å². The number of methoxy groups -OCH3 is 1. The van der Waals surface area contributed by atoms with E-state index in [-0.39, 0.29) is 28.0 Å². The zero-order chi connectivity index (χ0) is 26.3. The molecule has 0 saturated heterocycles. The van der Waals surface area contributed by atoms with Crippen LogP contribution in [0.25, 0.3) is 6.08 Å². The van der Waals surface area contributed by atoms with Gasteiger partial charge in [-0.05, 0) is 59.2 Å². The van der Waals surface area contributed by atoms with E-state index in [1.165, 1.54) is 7.11 Å². The van der Waals surface area contributed by atoms with Crippen molar-refractivity contribution >= 4 is 11.8 Å². The summed E-state index contributed by atoms with van der Waals surface area (Å²) in [4.78, 5) is 12.4. The van der Waals surface area contributed by atoms with E-state index in [0.717, 1.165) is 27.9 Å². The highest BCUT2D eigenvalue weighted by atomic mass is 16.8. The Kier molecular flexibility index (Phi) is 9.83. The minimum atomic E-state index is -0.964. The Morgan fingerprint density at radius 3 is 2.17 bits per heavy atom. The molecule has 7 heteroatoms. The summed E-state index contributed by atoms with van der Waals surface area (Å²) in [6, 6.07) is 6.62. The lowest BCUT2D eigenvalue weighted by Gasteiger charge is -2.21. The van der Waals surface area contributed by atoms with E-state index >= 15 is 0 Å². The highest BCUT2D eigenvalue weighted by Gasteiger charge is 2.20. The smallest absolute Gasteiger partial charge is 0.291 e. The fourth-order valence-electron chi connectivity index (χ4n) is 3.90. The fraction of sp³-hybridized carbons (Fsp3) is 0.321. The highest BCUT2D eigenvalue weighted by molar-refractivity contribution is 5.59. The van der Waals surface area contributed by atoms with Gasteiger partial charge in [-0.15, -0.1) is 0 Å².